The van der Waals surface area contributed by atoms with Gasteiger partial charge in [0.15, 0.2) is 5.13 Å². The first kappa shape index (κ1) is 22.6. The Balaban J connectivity index is 2.03. The lowest BCUT2D eigenvalue weighted by atomic mass is 10.2. The molecule has 0 spiro atoms. The number of nitrogens with one attached hydrogen (secondary N) is 1. The van der Waals surface area contributed by atoms with E-state index in [1.54, 1.807) is 42.3 Å². The van der Waals surface area contributed by atoms with Gasteiger partial charge in [0.05, 0.1) is 29.4 Å². The van der Waals surface area contributed by atoms with Crippen LogP contribution in [-0.2, 0) is 12.7 Å². The van der Waals surface area contributed by atoms with E-state index in [0.29, 0.717) is 21.3 Å². The first-order valence-electron chi connectivity index (χ1n) is 8.83. The van der Waals surface area contributed by atoms with Gasteiger partial charge in [-0.05, 0) is 43.3 Å². The zero-order valence-electron chi connectivity index (χ0n) is 16.4. The van der Waals surface area contributed by atoms with Gasteiger partial charge >= 0.3 is 6.18 Å². The fourth-order valence-electron chi connectivity index (χ4n) is 2.74. The number of nitriles is 1. The molecule has 0 aliphatic rings. The van der Waals surface area contributed by atoms with Crippen molar-refractivity contribution in [3.63, 3.8) is 0 Å². The van der Waals surface area contributed by atoms with Crippen molar-refractivity contribution in [2.45, 2.75) is 19.6 Å². The second-order valence-corrected chi connectivity index (χ2v) is 8.11. The maximum absolute atomic E-state index is 13.1. The molecule has 6 nitrogen and oxygen atoms in total. The molecule has 0 fully saturated rings. The second kappa shape index (κ2) is 9.36. The van der Waals surface area contributed by atoms with E-state index in [-0.39, 0.29) is 23.8 Å². The third kappa shape index (κ3) is 5.34. The van der Waals surface area contributed by atoms with Crippen molar-refractivity contribution in [1.82, 2.24) is 14.7 Å². The van der Waals surface area contributed by atoms with E-state index in [9.17, 15) is 18.0 Å². The quantitative estimate of drug-likeness (QED) is 0.513. The number of aromatic nitrogens is 2. The minimum atomic E-state index is -4.49. The van der Waals surface area contributed by atoms with Crippen LogP contribution in [0.2, 0.25) is 0 Å². The highest BCUT2D eigenvalue weighted by Gasteiger charge is 2.31. The summed E-state index contributed by atoms with van der Waals surface area (Å²) in [6.07, 6.45) is -1.67. The van der Waals surface area contributed by atoms with E-state index in [1.807, 2.05) is 6.07 Å². The lowest BCUT2D eigenvalue weighted by Gasteiger charge is -2.22. The summed E-state index contributed by atoms with van der Waals surface area (Å²) in [5.74, 6) is -0.357. The van der Waals surface area contributed by atoms with Crippen molar-refractivity contribution in [1.29, 1.82) is 5.26 Å². The monoisotopic (exact) mass is 463 g/mol. The molecule has 1 aromatic carbocycles. The Kier molecular flexibility index (Phi) is 6.82. The van der Waals surface area contributed by atoms with Crippen molar-refractivity contribution >= 4 is 40.0 Å². The number of nitrogens with zero attached hydrogens (tertiary/aromatic N) is 4. The molecule has 0 aliphatic heterocycles. The number of thiazole rings is 1. The smallest absolute Gasteiger partial charge is 0.312 e. The average molecular weight is 464 g/mol. The summed E-state index contributed by atoms with van der Waals surface area (Å²) in [5.41, 5.74) is 0.667. The highest BCUT2D eigenvalue weighted by molar-refractivity contribution is 7.97. The first-order chi connectivity index (χ1) is 14.7. The van der Waals surface area contributed by atoms with Gasteiger partial charge in [0.1, 0.15) is 5.69 Å². The predicted molar refractivity (Wildman–Crippen MR) is 114 cm³/mol. The molecule has 0 bridgehead atoms. The fraction of sp³-hybridized carbons (Fsp3) is 0.200. The van der Waals surface area contributed by atoms with Crippen LogP contribution in [0.3, 0.4) is 0 Å². The Labute approximate surface area is 184 Å². The molecule has 2 aromatic heterocycles. The van der Waals surface area contributed by atoms with E-state index < -0.39 is 11.7 Å². The number of amides is 1. The number of hydrogen-bond acceptors (Lipinski definition) is 7. The lowest BCUT2D eigenvalue weighted by Crippen LogP contribution is -2.19. The Bertz CT molecular complexity index is 1120. The molecule has 3 aromatic rings. The summed E-state index contributed by atoms with van der Waals surface area (Å²) in [5, 5.41) is 9.46. The highest BCUT2D eigenvalue weighted by Crippen LogP contribution is 2.34. The summed E-state index contributed by atoms with van der Waals surface area (Å²) in [7, 11) is 0. The summed E-state index contributed by atoms with van der Waals surface area (Å²) in [4.78, 5) is 23.1. The van der Waals surface area contributed by atoms with E-state index >= 15 is 0 Å². The summed E-state index contributed by atoms with van der Waals surface area (Å²) in [6, 6.07) is 10.5. The standard InChI is InChI=1S/C20H16F3N5OS2/c1-12-17(18(29)27-30-2)26-19(31-12)28(16-5-3-13(10-24)4-6-16)11-15-9-14(7-8-25-15)20(21,22)23/h3-9H,11H2,1-2H3,(H,27,29). The maximum Gasteiger partial charge on any atom is 0.416 e. The SMILES string of the molecule is CSNC(=O)c1nc(N(Cc2cc(C(F)(F)F)ccn2)c2ccc(C#N)cc2)sc1C. The van der Waals surface area contributed by atoms with Gasteiger partial charge in [-0.1, -0.05) is 11.9 Å². The van der Waals surface area contributed by atoms with Crippen LogP contribution in [0.4, 0.5) is 24.0 Å². The molecule has 3 rings (SSSR count). The molecule has 0 aliphatic carbocycles. The molecule has 0 atom stereocenters. The van der Waals surface area contributed by atoms with Crippen molar-refractivity contribution in [2.75, 3.05) is 11.2 Å². The van der Waals surface area contributed by atoms with Gasteiger partial charge in [0, 0.05) is 23.0 Å². The number of pyridine rings is 1. The predicted octanol–water partition coefficient (Wildman–Crippen LogP) is 5.08. The molecule has 0 unspecified atom stereocenters. The van der Waals surface area contributed by atoms with E-state index in [1.165, 1.54) is 11.3 Å². The number of hydrogen-bond donors (Lipinski definition) is 1. The van der Waals surface area contributed by atoms with E-state index in [4.69, 9.17) is 5.26 Å². The number of alkyl halides is 3. The maximum atomic E-state index is 13.1. The third-order valence-electron chi connectivity index (χ3n) is 4.20. The lowest BCUT2D eigenvalue weighted by molar-refractivity contribution is -0.137. The summed E-state index contributed by atoms with van der Waals surface area (Å²) >= 11 is 2.38. The molecule has 0 saturated heterocycles. The van der Waals surface area contributed by atoms with Gasteiger partial charge in [0.2, 0.25) is 0 Å². The van der Waals surface area contributed by atoms with Crippen LogP contribution >= 0.6 is 23.3 Å². The third-order valence-corrected chi connectivity index (χ3v) is 5.58. The van der Waals surface area contributed by atoms with Crippen LogP contribution in [0, 0.1) is 18.3 Å². The highest BCUT2D eigenvalue weighted by atomic mass is 32.2. The Morgan fingerprint density at radius 3 is 2.61 bits per heavy atom. The van der Waals surface area contributed by atoms with Gasteiger partial charge in [-0.3, -0.25) is 14.5 Å². The normalized spacial score (nSPS) is 11.1. The van der Waals surface area contributed by atoms with Gasteiger partial charge in [-0.25, -0.2) is 4.98 Å². The Morgan fingerprint density at radius 1 is 1.29 bits per heavy atom. The second-order valence-electron chi connectivity index (χ2n) is 6.31. The topological polar surface area (TPSA) is 81.9 Å². The van der Waals surface area contributed by atoms with Crippen molar-refractivity contribution < 1.29 is 18.0 Å². The fourth-order valence-corrected chi connectivity index (χ4v) is 3.95. The van der Waals surface area contributed by atoms with Crippen LogP contribution < -0.4 is 9.62 Å². The van der Waals surface area contributed by atoms with Crippen LogP contribution in [0.1, 0.15) is 32.2 Å². The number of anilines is 2. The Hall–Kier alpha value is -3.10. The van der Waals surface area contributed by atoms with Crippen molar-refractivity contribution in [2.24, 2.45) is 0 Å². The molecule has 0 radical (unpaired) electrons. The largest absolute Gasteiger partial charge is 0.416 e. The number of carbonyl (C=O) groups is 1. The van der Waals surface area contributed by atoms with Crippen LogP contribution in [0.15, 0.2) is 42.6 Å². The number of aryl methyl sites for hydroxylation is 1. The zero-order valence-corrected chi connectivity index (χ0v) is 18.0. The minimum absolute atomic E-state index is 0.00758. The summed E-state index contributed by atoms with van der Waals surface area (Å²) < 4.78 is 42.0. The first-order valence-corrected chi connectivity index (χ1v) is 10.9. The van der Waals surface area contributed by atoms with Crippen LogP contribution in [0.5, 0.6) is 0 Å². The summed E-state index contributed by atoms with van der Waals surface area (Å²) in [6.45, 7) is 1.74. The molecule has 160 valence electrons. The molecule has 11 heteroatoms. The van der Waals surface area contributed by atoms with Gasteiger partial charge < -0.3 is 4.90 Å². The van der Waals surface area contributed by atoms with Gasteiger partial charge in [-0.2, -0.15) is 18.4 Å². The van der Waals surface area contributed by atoms with Crippen molar-refractivity contribution in [3.05, 3.63) is 70.0 Å². The number of benzene rings is 1. The van der Waals surface area contributed by atoms with Gasteiger partial charge in [0.25, 0.3) is 5.91 Å². The van der Waals surface area contributed by atoms with Crippen molar-refractivity contribution in [3.8, 4) is 6.07 Å². The Morgan fingerprint density at radius 2 is 2.00 bits per heavy atom. The average Bonchev–Trinajstić information content (AvgIpc) is 3.13. The molecular weight excluding hydrogens is 447 g/mol. The number of carbonyl (C=O) groups excluding carboxylic acids is 1. The van der Waals surface area contributed by atoms with Gasteiger partial charge in [-0.15, -0.1) is 11.3 Å². The van der Waals surface area contributed by atoms with E-state index in [2.05, 4.69) is 14.7 Å². The molecule has 1 N–H and O–H groups in total. The minimum Gasteiger partial charge on any atom is -0.312 e. The molecule has 1 amide bonds. The van der Waals surface area contributed by atoms with Crippen LogP contribution in [-0.4, -0.2) is 22.1 Å². The number of rotatable bonds is 6. The molecular formula is C20H16F3N5OS2. The number of halogens is 3. The van der Waals surface area contributed by atoms with E-state index in [0.717, 1.165) is 30.3 Å². The molecule has 31 heavy (non-hydrogen) atoms. The zero-order chi connectivity index (χ0) is 22.6. The molecule has 2 heterocycles. The molecule has 0 saturated carbocycles. The van der Waals surface area contributed by atoms with Crippen LogP contribution in [0.25, 0.3) is 0 Å².